The fraction of sp³-hybridized carbons (Fsp3) is 0.280. The summed E-state index contributed by atoms with van der Waals surface area (Å²) in [5.74, 6) is 0.751. The Morgan fingerprint density at radius 1 is 1.12 bits per heavy atom. The van der Waals surface area contributed by atoms with Gasteiger partial charge in [-0.05, 0) is 48.1 Å². The van der Waals surface area contributed by atoms with E-state index in [-0.39, 0.29) is 5.75 Å². The maximum Gasteiger partial charge on any atom is 0.215 e. The molecule has 2 atom stereocenters. The number of nitrogens with zero attached hydrogens (tertiary/aromatic N) is 3. The van der Waals surface area contributed by atoms with Gasteiger partial charge in [-0.1, -0.05) is 23.7 Å². The van der Waals surface area contributed by atoms with Crippen LogP contribution in [-0.2, 0) is 0 Å². The Hall–Kier alpha value is -3.09. The van der Waals surface area contributed by atoms with Crippen molar-refractivity contribution in [1.82, 2.24) is 15.3 Å². The summed E-state index contributed by atoms with van der Waals surface area (Å²) in [6.45, 7) is 1.91. The minimum absolute atomic E-state index is 0.186. The standard InChI is InChI=1S/C25H23ClN4O2/c1-32-23-10-22(30-12-16-5-6-17(13-30)28-16)25-21(29-23)8-15(11-27-25)19-9-18(31)7-14-3-2-4-20(26)24(14)19/h2-4,7-11,16-17,28,31H,5-6,12-13H2,1H3/t16-,17?/m0/s1. The molecule has 0 radical (unpaired) electrons. The number of piperazine rings is 1. The predicted molar refractivity (Wildman–Crippen MR) is 128 cm³/mol. The van der Waals surface area contributed by atoms with Crippen LogP contribution in [-0.4, -0.2) is 47.4 Å². The van der Waals surface area contributed by atoms with Gasteiger partial charge >= 0.3 is 0 Å². The van der Waals surface area contributed by atoms with Gasteiger partial charge in [-0.25, -0.2) is 4.98 Å². The van der Waals surface area contributed by atoms with E-state index in [9.17, 15) is 5.11 Å². The first-order valence-electron chi connectivity index (χ1n) is 10.9. The molecule has 2 aliphatic rings. The first kappa shape index (κ1) is 19.6. The van der Waals surface area contributed by atoms with Crippen LogP contribution in [0.3, 0.4) is 0 Å². The molecule has 2 aromatic heterocycles. The average Bonchev–Trinajstić information content (AvgIpc) is 3.14. The van der Waals surface area contributed by atoms with E-state index < -0.39 is 0 Å². The van der Waals surface area contributed by atoms with Crippen LogP contribution in [0, 0.1) is 0 Å². The number of rotatable bonds is 3. The number of hydrogen-bond acceptors (Lipinski definition) is 6. The quantitative estimate of drug-likeness (QED) is 0.473. The van der Waals surface area contributed by atoms with Gasteiger partial charge in [0.1, 0.15) is 11.3 Å². The number of methoxy groups -OCH3 is 1. The van der Waals surface area contributed by atoms with Crippen LogP contribution in [0.5, 0.6) is 11.6 Å². The topological polar surface area (TPSA) is 70.5 Å². The number of nitrogens with one attached hydrogen (secondary N) is 1. The van der Waals surface area contributed by atoms with Crippen LogP contribution in [0.2, 0.25) is 5.02 Å². The average molecular weight is 447 g/mol. The summed E-state index contributed by atoms with van der Waals surface area (Å²) in [6, 6.07) is 14.2. The van der Waals surface area contributed by atoms with Crippen molar-refractivity contribution in [2.24, 2.45) is 0 Å². The molecule has 6 nitrogen and oxygen atoms in total. The van der Waals surface area contributed by atoms with Crippen molar-refractivity contribution in [3.8, 4) is 22.8 Å². The lowest BCUT2D eigenvalue weighted by atomic mass is 9.98. The van der Waals surface area contributed by atoms with Gasteiger partial charge in [-0.15, -0.1) is 0 Å². The molecule has 0 saturated carbocycles. The Labute approximate surface area is 190 Å². The highest BCUT2D eigenvalue weighted by atomic mass is 35.5. The van der Waals surface area contributed by atoms with Crippen molar-refractivity contribution in [2.45, 2.75) is 24.9 Å². The van der Waals surface area contributed by atoms with E-state index in [0.29, 0.717) is 23.0 Å². The van der Waals surface area contributed by atoms with Crippen molar-refractivity contribution >= 4 is 39.1 Å². The van der Waals surface area contributed by atoms with Gasteiger partial charge in [0, 0.05) is 53.4 Å². The number of aromatic hydroxyl groups is 1. The zero-order chi connectivity index (χ0) is 21.8. The van der Waals surface area contributed by atoms with Gasteiger partial charge < -0.3 is 20.1 Å². The largest absolute Gasteiger partial charge is 0.508 e. The lowest BCUT2D eigenvalue weighted by Gasteiger charge is -2.35. The van der Waals surface area contributed by atoms with Crippen molar-refractivity contribution in [3.05, 3.63) is 53.7 Å². The number of aromatic nitrogens is 2. The second-order valence-electron chi connectivity index (χ2n) is 8.65. The van der Waals surface area contributed by atoms with E-state index in [4.69, 9.17) is 26.3 Å². The van der Waals surface area contributed by atoms with E-state index in [1.54, 1.807) is 19.2 Å². The third-order valence-corrected chi connectivity index (χ3v) is 6.90. The molecular formula is C25H23ClN4O2. The number of pyridine rings is 2. The normalized spacial score (nSPS) is 20.2. The Morgan fingerprint density at radius 3 is 2.72 bits per heavy atom. The van der Waals surface area contributed by atoms with E-state index in [2.05, 4.69) is 10.2 Å². The second-order valence-corrected chi connectivity index (χ2v) is 9.06. The summed E-state index contributed by atoms with van der Waals surface area (Å²) in [5.41, 5.74) is 4.33. The second kappa shape index (κ2) is 7.50. The number of phenols is 1. The van der Waals surface area contributed by atoms with Crippen molar-refractivity contribution in [3.63, 3.8) is 0 Å². The molecule has 2 aromatic carbocycles. The number of ether oxygens (including phenoxy) is 1. The fourth-order valence-electron chi connectivity index (χ4n) is 5.15. The van der Waals surface area contributed by atoms with Crippen LogP contribution >= 0.6 is 11.6 Å². The van der Waals surface area contributed by atoms with Crippen LogP contribution in [0.25, 0.3) is 32.9 Å². The molecule has 4 aromatic rings. The van der Waals surface area contributed by atoms with Crippen molar-refractivity contribution < 1.29 is 9.84 Å². The van der Waals surface area contributed by atoms with Crippen molar-refractivity contribution in [1.29, 1.82) is 0 Å². The van der Waals surface area contributed by atoms with Gasteiger partial charge in [0.05, 0.1) is 18.3 Å². The van der Waals surface area contributed by atoms with E-state index >= 15 is 0 Å². The maximum atomic E-state index is 10.3. The third kappa shape index (κ3) is 3.22. The highest BCUT2D eigenvalue weighted by Gasteiger charge is 2.33. The Kier molecular flexibility index (Phi) is 4.59. The molecule has 2 bridgehead atoms. The summed E-state index contributed by atoms with van der Waals surface area (Å²) < 4.78 is 5.53. The van der Waals surface area contributed by atoms with Crippen molar-refractivity contribution in [2.75, 3.05) is 25.1 Å². The number of fused-ring (bicyclic) bond motifs is 4. The Balaban J connectivity index is 1.52. The molecular weight excluding hydrogens is 424 g/mol. The molecule has 1 unspecified atom stereocenters. The van der Waals surface area contributed by atoms with Crippen LogP contribution in [0.15, 0.2) is 48.7 Å². The van der Waals surface area contributed by atoms with Gasteiger partial charge in [0.2, 0.25) is 5.88 Å². The van der Waals surface area contributed by atoms with E-state index in [0.717, 1.165) is 51.7 Å². The van der Waals surface area contributed by atoms with E-state index in [1.807, 2.05) is 36.5 Å². The zero-order valence-corrected chi connectivity index (χ0v) is 18.4. The van der Waals surface area contributed by atoms with Crippen LogP contribution in [0.1, 0.15) is 12.8 Å². The highest BCUT2D eigenvalue weighted by Crippen LogP contribution is 2.39. The molecule has 2 N–H and O–H groups in total. The number of hydrogen-bond donors (Lipinski definition) is 2. The van der Waals surface area contributed by atoms with Crippen LogP contribution < -0.4 is 15.0 Å². The molecule has 4 heterocycles. The molecule has 2 aliphatic heterocycles. The molecule has 6 rings (SSSR count). The molecule has 2 fully saturated rings. The molecule has 0 aliphatic carbocycles. The van der Waals surface area contributed by atoms with Crippen LogP contribution in [0.4, 0.5) is 5.69 Å². The molecule has 2 saturated heterocycles. The lowest BCUT2D eigenvalue weighted by Crippen LogP contribution is -2.51. The molecule has 0 amide bonds. The van der Waals surface area contributed by atoms with Gasteiger partial charge in [0.15, 0.2) is 0 Å². The van der Waals surface area contributed by atoms with E-state index in [1.165, 1.54) is 12.8 Å². The monoisotopic (exact) mass is 446 g/mol. The van der Waals surface area contributed by atoms with Gasteiger partial charge in [-0.3, -0.25) is 4.98 Å². The Bertz CT molecular complexity index is 1350. The number of halogens is 1. The minimum atomic E-state index is 0.186. The number of anilines is 1. The SMILES string of the molecule is COc1cc(N2CC3CC[C@@H](C2)N3)c2ncc(-c3cc(O)cc4cccc(Cl)c34)cc2n1. The number of benzene rings is 2. The minimum Gasteiger partial charge on any atom is -0.508 e. The Morgan fingerprint density at radius 2 is 1.94 bits per heavy atom. The smallest absolute Gasteiger partial charge is 0.215 e. The summed E-state index contributed by atoms with van der Waals surface area (Å²) >= 11 is 6.54. The zero-order valence-electron chi connectivity index (χ0n) is 17.7. The number of phenolic OH excluding ortho intramolecular Hbond substituents is 1. The fourth-order valence-corrected chi connectivity index (χ4v) is 5.44. The highest BCUT2D eigenvalue weighted by molar-refractivity contribution is 6.36. The first-order chi connectivity index (χ1) is 15.6. The maximum absolute atomic E-state index is 10.3. The summed E-state index contributed by atoms with van der Waals surface area (Å²) in [4.78, 5) is 11.9. The first-order valence-corrected chi connectivity index (χ1v) is 11.2. The lowest BCUT2D eigenvalue weighted by molar-refractivity contribution is 0.399. The molecule has 32 heavy (non-hydrogen) atoms. The summed E-state index contributed by atoms with van der Waals surface area (Å²) in [6.07, 6.45) is 4.27. The predicted octanol–water partition coefficient (Wildman–Crippen LogP) is 4.76. The summed E-state index contributed by atoms with van der Waals surface area (Å²) in [5, 5.41) is 16.4. The third-order valence-electron chi connectivity index (χ3n) is 6.59. The summed E-state index contributed by atoms with van der Waals surface area (Å²) in [7, 11) is 1.64. The molecule has 0 spiro atoms. The van der Waals surface area contributed by atoms with Gasteiger partial charge in [0.25, 0.3) is 0 Å². The van der Waals surface area contributed by atoms with Gasteiger partial charge in [-0.2, -0.15) is 0 Å². The molecule has 7 heteroatoms. The molecule has 162 valence electrons.